The molecule has 1 saturated heterocycles. The normalized spacial score (nSPS) is 19.5. The van der Waals surface area contributed by atoms with Crippen LogP contribution in [0.3, 0.4) is 0 Å². The fourth-order valence-corrected chi connectivity index (χ4v) is 2.18. The number of amides is 1. The van der Waals surface area contributed by atoms with E-state index in [0.29, 0.717) is 6.61 Å². The van der Waals surface area contributed by atoms with Crippen LogP contribution in [0.25, 0.3) is 0 Å². The topological polar surface area (TPSA) is 29.5 Å². The van der Waals surface area contributed by atoms with Crippen LogP contribution in [-0.2, 0) is 4.74 Å². The number of hydrogen-bond donors (Lipinski definition) is 0. The van der Waals surface area contributed by atoms with Crippen molar-refractivity contribution in [1.82, 2.24) is 4.90 Å². The highest BCUT2D eigenvalue weighted by Gasteiger charge is 2.33. The van der Waals surface area contributed by atoms with Gasteiger partial charge in [-0.25, -0.2) is 4.79 Å². The van der Waals surface area contributed by atoms with Crippen molar-refractivity contribution >= 4 is 6.09 Å². The van der Waals surface area contributed by atoms with Crippen molar-refractivity contribution < 1.29 is 9.53 Å². The van der Waals surface area contributed by atoms with Gasteiger partial charge in [0.1, 0.15) is 6.61 Å². The summed E-state index contributed by atoms with van der Waals surface area (Å²) in [4.78, 5) is 13.5. The maximum absolute atomic E-state index is 11.7. The van der Waals surface area contributed by atoms with Crippen LogP contribution in [0.1, 0.15) is 37.8 Å². The third-order valence-corrected chi connectivity index (χ3v) is 3.16. The van der Waals surface area contributed by atoms with E-state index in [1.54, 1.807) is 0 Å². The molecule has 3 nitrogen and oxygen atoms in total. The first-order valence-electron chi connectivity index (χ1n) is 6.31. The highest BCUT2D eigenvalue weighted by Crippen LogP contribution is 2.27. The molecule has 0 aliphatic carbocycles. The average molecular weight is 233 g/mol. The molecular weight excluding hydrogens is 214 g/mol. The summed E-state index contributed by atoms with van der Waals surface area (Å²) in [6, 6.07) is 10.2. The van der Waals surface area contributed by atoms with E-state index in [-0.39, 0.29) is 12.1 Å². The third kappa shape index (κ3) is 2.78. The molecule has 1 atom stereocenters. The zero-order valence-corrected chi connectivity index (χ0v) is 10.3. The number of ether oxygens (including phenoxy) is 1. The van der Waals surface area contributed by atoms with E-state index in [4.69, 9.17) is 4.74 Å². The van der Waals surface area contributed by atoms with Gasteiger partial charge in [0, 0.05) is 6.54 Å². The zero-order valence-electron chi connectivity index (χ0n) is 10.3. The maximum Gasteiger partial charge on any atom is 0.410 e. The number of nitrogens with zero attached hydrogens (tertiary/aromatic N) is 1. The van der Waals surface area contributed by atoms with E-state index in [1.165, 1.54) is 6.42 Å². The molecule has 1 aliphatic heterocycles. The number of hydrogen-bond acceptors (Lipinski definition) is 2. The van der Waals surface area contributed by atoms with Gasteiger partial charge in [-0.3, -0.25) is 4.90 Å². The van der Waals surface area contributed by atoms with Crippen LogP contribution in [0.2, 0.25) is 0 Å². The third-order valence-electron chi connectivity index (χ3n) is 3.16. The Bertz CT molecular complexity index is 364. The van der Waals surface area contributed by atoms with E-state index in [0.717, 1.165) is 24.9 Å². The molecule has 2 rings (SSSR count). The fraction of sp³-hybridized carbons (Fsp3) is 0.500. The molecular formula is C14H19NO2. The van der Waals surface area contributed by atoms with Crippen molar-refractivity contribution in [2.45, 2.75) is 32.2 Å². The van der Waals surface area contributed by atoms with Crippen LogP contribution < -0.4 is 0 Å². The Labute approximate surface area is 102 Å². The van der Waals surface area contributed by atoms with Gasteiger partial charge in [0.05, 0.1) is 6.04 Å². The number of cyclic esters (lactones) is 1. The SMILES string of the molecule is CCCCCN1C(=O)OCC1c1ccccc1. The summed E-state index contributed by atoms with van der Waals surface area (Å²) >= 11 is 0. The second kappa shape index (κ2) is 5.71. The van der Waals surface area contributed by atoms with Gasteiger partial charge >= 0.3 is 6.09 Å². The molecule has 1 aromatic carbocycles. The smallest absolute Gasteiger partial charge is 0.410 e. The van der Waals surface area contributed by atoms with Crippen molar-refractivity contribution in [1.29, 1.82) is 0 Å². The van der Waals surface area contributed by atoms with E-state index < -0.39 is 0 Å². The van der Waals surface area contributed by atoms with E-state index in [9.17, 15) is 4.79 Å². The Kier molecular flexibility index (Phi) is 4.02. The van der Waals surface area contributed by atoms with Gasteiger partial charge in [-0.2, -0.15) is 0 Å². The van der Waals surface area contributed by atoms with Crippen molar-refractivity contribution in [3.8, 4) is 0 Å². The van der Waals surface area contributed by atoms with Crippen LogP contribution in [-0.4, -0.2) is 24.1 Å². The van der Waals surface area contributed by atoms with Crippen LogP contribution in [0.15, 0.2) is 30.3 Å². The Morgan fingerprint density at radius 2 is 2.06 bits per heavy atom. The van der Waals surface area contributed by atoms with Gasteiger partial charge < -0.3 is 4.74 Å². The van der Waals surface area contributed by atoms with Gasteiger partial charge in [0.2, 0.25) is 0 Å². The molecule has 1 heterocycles. The van der Waals surface area contributed by atoms with E-state index in [1.807, 2.05) is 23.1 Å². The monoisotopic (exact) mass is 233 g/mol. The molecule has 0 spiro atoms. The Morgan fingerprint density at radius 1 is 1.29 bits per heavy atom. The minimum absolute atomic E-state index is 0.0977. The molecule has 1 aliphatic rings. The molecule has 17 heavy (non-hydrogen) atoms. The number of benzene rings is 1. The number of carbonyl (C=O) groups excluding carboxylic acids is 1. The second-order valence-corrected chi connectivity index (χ2v) is 4.40. The minimum Gasteiger partial charge on any atom is -0.447 e. The highest BCUT2D eigenvalue weighted by molar-refractivity contribution is 5.70. The van der Waals surface area contributed by atoms with Gasteiger partial charge in [0.25, 0.3) is 0 Å². The Hall–Kier alpha value is -1.51. The summed E-state index contributed by atoms with van der Waals surface area (Å²) in [6.07, 6.45) is 3.20. The van der Waals surface area contributed by atoms with Crippen LogP contribution in [0.4, 0.5) is 4.79 Å². The average Bonchev–Trinajstić information content (AvgIpc) is 2.73. The Balaban J connectivity index is 2.03. The highest BCUT2D eigenvalue weighted by atomic mass is 16.6. The van der Waals surface area contributed by atoms with Gasteiger partial charge in [-0.15, -0.1) is 0 Å². The lowest BCUT2D eigenvalue weighted by Crippen LogP contribution is -2.28. The van der Waals surface area contributed by atoms with Crippen LogP contribution >= 0.6 is 0 Å². The number of unbranched alkanes of at least 4 members (excludes halogenated alkanes) is 2. The first-order chi connectivity index (χ1) is 8.33. The van der Waals surface area contributed by atoms with Gasteiger partial charge in [0.15, 0.2) is 0 Å². The van der Waals surface area contributed by atoms with Crippen LogP contribution in [0.5, 0.6) is 0 Å². The summed E-state index contributed by atoms with van der Waals surface area (Å²) in [6.45, 7) is 3.44. The van der Waals surface area contributed by atoms with E-state index >= 15 is 0 Å². The second-order valence-electron chi connectivity index (χ2n) is 4.40. The first-order valence-corrected chi connectivity index (χ1v) is 6.31. The molecule has 3 heteroatoms. The number of carbonyl (C=O) groups is 1. The van der Waals surface area contributed by atoms with Crippen molar-refractivity contribution in [2.75, 3.05) is 13.2 Å². The van der Waals surface area contributed by atoms with Crippen molar-refractivity contribution in [3.05, 3.63) is 35.9 Å². The maximum atomic E-state index is 11.7. The molecule has 0 radical (unpaired) electrons. The molecule has 1 amide bonds. The first kappa shape index (κ1) is 12.0. The largest absolute Gasteiger partial charge is 0.447 e. The fourth-order valence-electron chi connectivity index (χ4n) is 2.18. The summed E-state index contributed by atoms with van der Waals surface area (Å²) in [5.74, 6) is 0. The lowest BCUT2D eigenvalue weighted by molar-refractivity contribution is 0.157. The molecule has 1 fully saturated rings. The summed E-state index contributed by atoms with van der Waals surface area (Å²) in [5.41, 5.74) is 1.16. The molecule has 0 N–H and O–H groups in total. The predicted octanol–water partition coefficient (Wildman–Crippen LogP) is 3.37. The lowest BCUT2D eigenvalue weighted by atomic mass is 10.1. The molecule has 92 valence electrons. The summed E-state index contributed by atoms with van der Waals surface area (Å²) < 4.78 is 5.15. The van der Waals surface area contributed by atoms with Gasteiger partial charge in [-0.05, 0) is 12.0 Å². The predicted molar refractivity (Wildman–Crippen MR) is 66.8 cm³/mol. The van der Waals surface area contributed by atoms with Crippen molar-refractivity contribution in [3.63, 3.8) is 0 Å². The van der Waals surface area contributed by atoms with Crippen LogP contribution in [0, 0.1) is 0 Å². The lowest BCUT2D eigenvalue weighted by Gasteiger charge is -2.21. The molecule has 0 saturated carbocycles. The molecule has 1 aromatic rings. The minimum atomic E-state index is -0.171. The molecule has 0 aromatic heterocycles. The van der Waals surface area contributed by atoms with E-state index in [2.05, 4.69) is 19.1 Å². The van der Waals surface area contributed by atoms with Crippen molar-refractivity contribution in [2.24, 2.45) is 0 Å². The summed E-state index contributed by atoms with van der Waals surface area (Å²) in [7, 11) is 0. The van der Waals surface area contributed by atoms with Gasteiger partial charge in [-0.1, -0.05) is 50.1 Å². The number of rotatable bonds is 5. The molecule has 0 bridgehead atoms. The molecule has 1 unspecified atom stereocenters. The summed E-state index contributed by atoms with van der Waals surface area (Å²) in [5, 5.41) is 0. The Morgan fingerprint density at radius 3 is 2.76 bits per heavy atom. The quantitative estimate of drug-likeness (QED) is 0.730. The zero-order chi connectivity index (χ0) is 12.1. The standard InChI is InChI=1S/C14H19NO2/c1-2-3-7-10-15-13(11-17-14(15)16)12-8-5-4-6-9-12/h4-6,8-9,13H,2-3,7,10-11H2,1H3.